The second-order valence-electron chi connectivity index (χ2n) is 10.5. The topological polar surface area (TPSA) is 44.8 Å². The Morgan fingerprint density at radius 1 is 1.07 bits per heavy atom. The summed E-state index contributed by atoms with van der Waals surface area (Å²) in [5, 5.41) is 0. The largest absolute Gasteiger partial charge is 0.462 e. The molecule has 0 unspecified atom stereocenters. The van der Waals surface area contributed by atoms with Gasteiger partial charge in [0, 0.05) is 25.2 Å². The molecule has 0 radical (unpaired) electrons. The van der Waals surface area contributed by atoms with Gasteiger partial charge in [0.25, 0.3) is 0 Å². The molecule has 1 heterocycles. The maximum absolute atomic E-state index is 11.4. The summed E-state index contributed by atoms with van der Waals surface area (Å²) in [7, 11) is 0. The van der Waals surface area contributed by atoms with Gasteiger partial charge in [-0.15, -0.1) is 0 Å². The molecule has 1 saturated heterocycles. The van der Waals surface area contributed by atoms with E-state index in [4.69, 9.17) is 14.2 Å². The quantitative estimate of drug-likeness (QED) is 0.468. The Morgan fingerprint density at radius 2 is 1.82 bits per heavy atom. The van der Waals surface area contributed by atoms with Crippen molar-refractivity contribution in [1.29, 1.82) is 0 Å². The highest BCUT2D eigenvalue weighted by molar-refractivity contribution is 5.66. The van der Waals surface area contributed by atoms with E-state index in [0.717, 1.165) is 57.2 Å². The lowest BCUT2D eigenvalue weighted by atomic mass is 9.47. The van der Waals surface area contributed by atoms with Gasteiger partial charge in [0.15, 0.2) is 5.79 Å². The molecular weight excluding hydrogens is 352 g/mol. The zero-order chi connectivity index (χ0) is 19.6. The van der Waals surface area contributed by atoms with E-state index in [9.17, 15) is 4.79 Å². The number of allylic oxidation sites excluding steroid dienone is 1. The Bertz CT molecular complexity index is 678. The fourth-order valence-electron chi connectivity index (χ4n) is 7.97. The Morgan fingerprint density at radius 3 is 2.57 bits per heavy atom. The highest BCUT2D eigenvalue weighted by Gasteiger charge is 2.66. The van der Waals surface area contributed by atoms with Crippen LogP contribution < -0.4 is 0 Å². The van der Waals surface area contributed by atoms with Gasteiger partial charge in [-0.05, 0) is 68.1 Å². The molecule has 4 nitrogen and oxygen atoms in total. The number of esters is 1. The summed E-state index contributed by atoms with van der Waals surface area (Å²) in [6, 6.07) is 0. The Labute approximate surface area is 169 Å². The molecule has 4 aliphatic carbocycles. The van der Waals surface area contributed by atoms with Gasteiger partial charge in [-0.1, -0.05) is 25.5 Å². The molecule has 0 amide bonds. The third-order valence-corrected chi connectivity index (χ3v) is 9.39. The average molecular weight is 389 g/mol. The lowest BCUT2D eigenvalue weighted by Crippen LogP contribution is -2.57. The third-order valence-electron chi connectivity index (χ3n) is 9.39. The highest BCUT2D eigenvalue weighted by atomic mass is 16.7. The first-order valence-electron chi connectivity index (χ1n) is 11.5. The van der Waals surface area contributed by atoms with Crippen molar-refractivity contribution in [3.8, 4) is 0 Å². The Kier molecular flexibility index (Phi) is 4.48. The number of hydrogen-bond acceptors (Lipinski definition) is 4. The minimum atomic E-state index is -0.321. The second kappa shape index (κ2) is 6.57. The molecule has 0 N–H and O–H groups in total. The maximum atomic E-state index is 11.4. The lowest BCUT2D eigenvalue weighted by Gasteiger charge is -2.59. The number of carbonyl (C=O) groups excluding carboxylic acids is 1. The first-order valence-corrected chi connectivity index (χ1v) is 11.5. The summed E-state index contributed by atoms with van der Waals surface area (Å²) < 4.78 is 18.3. The van der Waals surface area contributed by atoms with Gasteiger partial charge in [0.05, 0.1) is 13.2 Å². The van der Waals surface area contributed by atoms with Crippen molar-refractivity contribution >= 4 is 5.97 Å². The SMILES string of the molecule is CC(=O)O[C@H]1CC[C@@]2(C)C(=CC[C@@H]3[C@@H]2CC[C@@]2(C)[C@H]3CCC23OCCCO3)C1. The maximum Gasteiger partial charge on any atom is 0.302 e. The summed E-state index contributed by atoms with van der Waals surface area (Å²) in [5.74, 6) is 1.73. The molecule has 4 fully saturated rings. The molecule has 0 bridgehead atoms. The van der Waals surface area contributed by atoms with Crippen molar-refractivity contribution in [2.75, 3.05) is 13.2 Å². The number of hydrogen-bond donors (Lipinski definition) is 0. The molecule has 3 saturated carbocycles. The van der Waals surface area contributed by atoms with E-state index in [2.05, 4.69) is 19.9 Å². The monoisotopic (exact) mass is 388 g/mol. The fourth-order valence-corrected chi connectivity index (χ4v) is 7.97. The highest BCUT2D eigenvalue weighted by Crippen LogP contribution is 2.68. The van der Waals surface area contributed by atoms with Gasteiger partial charge < -0.3 is 14.2 Å². The van der Waals surface area contributed by atoms with E-state index >= 15 is 0 Å². The van der Waals surface area contributed by atoms with E-state index in [1.54, 1.807) is 5.57 Å². The Hall–Kier alpha value is -0.870. The standard InChI is InChI=1S/C24H36O4/c1-16(25)28-18-7-10-22(2)17(15-18)5-6-19-20(22)8-11-23(3)21(19)9-12-24(23)26-13-4-14-27-24/h5,18-21H,4,6-15H2,1-3H3/t18-,19+,20-,21-,22-,23-/m0/s1. The third kappa shape index (κ3) is 2.59. The minimum Gasteiger partial charge on any atom is -0.462 e. The van der Waals surface area contributed by atoms with Crippen molar-refractivity contribution in [2.24, 2.45) is 28.6 Å². The van der Waals surface area contributed by atoms with Crippen molar-refractivity contribution < 1.29 is 19.0 Å². The Balaban J connectivity index is 1.40. The van der Waals surface area contributed by atoms with Crippen LogP contribution in [0.2, 0.25) is 0 Å². The molecule has 1 spiro atoms. The molecular formula is C24H36O4. The number of carbonyl (C=O) groups is 1. The molecule has 0 aromatic rings. The molecule has 0 aromatic heterocycles. The van der Waals surface area contributed by atoms with E-state index in [0.29, 0.717) is 5.92 Å². The molecule has 4 heteroatoms. The summed E-state index contributed by atoms with van der Waals surface area (Å²) in [6.07, 6.45) is 12.7. The predicted octanol–water partition coefficient (Wildman–Crippen LogP) is 5.01. The van der Waals surface area contributed by atoms with Crippen LogP contribution in [0.4, 0.5) is 0 Å². The number of fused-ring (bicyclic) bond motifs is 6. The van der Waals surface area contributed by atoms with Crippen molar-refractivity contribution in [3.63, 3.8) is 0 Å². The molecule has 5 aliphatic rings. The smallest absolute Gasteiger partial charge is 0.302 e. The van der Waals surface area contributed by atoms with Gasteiger partial charge in [-0.3, -0.25) is 4.79 Å². The van der Waals surface area contributed by atoms with Crippen LogP contribution in [0.1, 0.15) is 78.6 Å². The van der Waals surface area contributed by atoms with Crippen LogP contribution in [-0.2, 0) is 19.0 Å². The fraction of sp³-hybridized carbons (Fsp3) is 0.875. The summed E-state index contributed by atoms with van der Waals surface area (Å²) in [4.78, 5) is 11.4. The average Bonchev–Trinajstić information content (AvgIpc) is 2.94. The first kappa shape index (κ1) is 19.1. The summed E-state index contributed by atoms with van der Waals surface area (Å²) >= 11 is 0. The zero-order valence-corrected chi connectivity index (χ0v) is 17.8. The molecule has 1 aliphatic heterocycles. The van der Waals surface area contributed by atoms with Gasteiger partial charge >= 0.3 is 5.97 Å². The van der Waals surface area contributed by atoms with Crippen molar-refractivity contribution in [3.05, 3.63) is 11.6 Å². The molecule has 28 heavy (non-hydrogen) atoms. The van der Waals surface area contributed by atoms with E-state index in [1.165, 1.54) is 32.6 Å². The minimum absolute atomic E-state index is 0.0843. The van der Waals surface area contributed by atoms with E-state index in [1.807, 2.05) is 0 Å². The number of ether oxygens (including phenoxy) is 3. The second-order valence-corrected chi connectivity index (χ2v) is 10.5. The van der Waals surface area contributed by atoms with Crippen molar-refractivity contribution in [2.45, 2.75) is 90.4 Å². The van der Waals surface area contributed by atoms with Crippen LogP contribution in [0.25, 0.3) is 0 Å². The van der Waals surface area contributed by atoms with Crippen molar-refractivity contribution in [1.82, 2.24) is 0 Å². The van der Waals surface area contributed by atoms with Gasteiger partial charge in [0.2, 0.25) is 0 Å². The van der Waals surface area contributed by atoms with Gasteiger partial charge in [-0.25, -0.2) is 0 Å². The summed E-state index contributed by atoms with van der Waals surface area (Å²) in [6.45, 7) is 8.21. The molecule has 6 atom stereocenters. The lowest BCUT2D eigenvalue weighted by molar-refractivity contribution is -0.322. The predicted molar refractivity (Wildman–Crippen MR) is 107 cm³/mol. The van der Waals surface area contributed by atoms with E-state index in [-0.39, 0.29) is 28.7 Å². The normalized spacial score (nSPS) is 46.9. The van der Waals surface area contributed by atoms with E-state index < -0.39 is 0 Å². The van der Waals surface area contributed by atoms with Crippen LogP contribution in [0.15, 0.2) is 11.6 Å². The van der Waals surface area contributed by atoms with Gasteiger partial charge in [0.1, 0.15) is 6.10 Å². The van der Waals surface area contributed by atoms with Crippen LogP contribution in [-0.4, -0.2) is 31.1 Å². The van der Waals surface area contributed by atoms with Crippen LogP contribution >= 0.6 is 0 Å². The molecule has 156 valence electrons. The molecule has 0 aromatic carbocycles. The zero-order valence-electron chi connectivity index (χ0n) is 17.8. The summed E-state index contributed by atoms with van der Waals surface area (Å²) in [5.41, 5.74) is 2.00. The van der Waals surface area contributed by atoms with Crippen LogP contribution in [0.3, 0.4) is 0 Å². The first-order chi connectivity index (χ1) is 13.4. The van der Waals surface area contributed by atoms with Crippen LogP contribution in [0.5, 0.6) is 0 Å². The number of rotatable bonds is 1. The van der Waals surface area contributed by atoms with Gasteiger partial charge in [-0.2, -0.15) is 0 Å². The van der Waals surface area contributed by atoms with Crippen LogP contribution in [0, 0.1) is 28.6 Å². The molecule has 5 rings (SSSR count).